The molecule has 0 aliphatic carbocycles. The fourth-order valence-corrected chi connectivity index (χ4v) is 2.90. The Balaban J connectivity index is 0.00000225. The standard InChI is InChI=1S/C19H21NO4.ClH/c1-22-17-9-8-14-11-20-16(19(21)23-2)10-15(14)18(17)24-12-13-6-4-3-5-7-13;/h3-9,16,20H,10-12H2,1-2H3;1H. The van der Waals surface area contributed by atoms with Gasteiger partial charge in [-0.1, -0.05) is 36.4 Å². The highest BCUT2D eigenvalue weighted by atomic mass is 35.5. The van der Waals surface area contributed by atoms with Gasteiger partial charge in [0, 0.05) is 18.5 Å². The molecule has 0 amide bonds. The molecule has 25 heavy (non-hydrogen) atoms. The number of ether oxygens (including phenoxy) is 3. The van der Waals surface area contributed by atoms with Crippen molar-refractivity contribution in [2.75, 3.05) is 14.2 Å². The Hall–Kier alpha value is -2.24. The third-order valence-corrected chi connectivity index (χ3v) is 4.20. The minimum absolute atomic E-state index is 0. The Bertz CT molecular complexity index is 721. The summed E-state index contributed by atoms with van der Waals surface area (Å²) in [7, 11) is 3.02. The summed E-state index contributed by atoms with van der Waals surface area (Å²) in [5, 5.41) is 3.19. The lowest BCUT2D eigenvalue weighted by Crippen LogP contribution is -2.42. The van der Waals surface area contributed by atoms with Crippen molar-refractivity contribution < 1.29 is 19.0 Å². The van der Waals surface area contributed by atoms with Crippen LogP contribution in [0.1, 0.15) is 16.7 Å². The second-order valence-electron chi connectivity index (χ2n) is 5.67. The van der Waals surface area contributed by atoms with Gasteiger partial charge in [-0.2, -0.15) is 0 Å². The van der Waals surface area contributed by atoms with Gasteiger partial charge in [0.2, 0.25) is 0 Å². The molecule has 1 aliphatic rings. The van der Waals surface area contributed by atoms with Crippen LogP contribution in [0.2, 0.25) is 0 Å². The van der Waals surface area contributed by atoms with E-state index in [4.69, 9.17) is 14.2 Å². The van der Waals surface area contributed by atoms with E-state index < -0.39 is 0 Å². The molecule has 1 atom stereocenters. The third kappa shape index (κ3) is 4.24. The molecule has 134 valence electrons. The van der Waals surface area contributed by atoms with E-state index in [1.54, 1.807) is 7.11 Å². The second-order valence-corrected chi connectivity index (χ2v) is 5.67. The first-order valence-corrected chi connectivity index (χ1v) is 7.89. The zero-order valence-corrected chi connectivity index (χ0v) is 15.1. The lowest BCUT2D eigenvalue weighted by molar-refractivity contribution is -0.143. The summed E-state index contributed by atoms with van der Waals surface area (Å²) in [6.45, 7) is 1.05. The maximum atomic E-state index is 11.9. The van der Waals surface area contributed by atoms with Crippen molar-refractivity contribution >= 4 is 18.4 Å². The first kappa shape index (κ1) is 19.1. The van der Waals surface area contributed by atoms with Gasteiger partial charge in [-0.15, -0.1) is 12.4 Å². The SMILES string of the molecule is COC(=O)C1Cc2c(ccc(OC)c2OCc2ccccc2)CN1.Cl. The summed E-state index contributed by atoms with van der Waals surface area (Å²) >= 11 is 0. The van der Waals surface area contributed by atoms with E-state index in [1.807, 2.05) is 42.5 Å². The summed E-state index contributed by atoms with van der Waals surface area (Å²) in [6.07, 6.45) is 0.517. The van der Waals surface area contributed by atoms with Crippen molar-refractivity contribution in [3.63, 3.8) is 0 Å². The van der Waals surface area contributed by atoms with Gasteiger partial charge in [-0.05, 0) is 17.2 Å². The second kappa shape index (κ2) is 8.74. The van der Waals surface area contributed by atoms with Crippen LogP contribution in [0.5, 0.6) is 11.5 Å². The molecule has 1 heterocycles. The molecule has 0 spiro atoms. The number of esters is 1. The fourth-order valence-electron chi connectivity index (χ4n) is 2.90. The van der Waals surface area contributed by atoms with Crippen LogP contribution in [0.4, 0.5) is 0 Å². The summed E-state index contributed by atoms with van der Waals surface area (Å²) in [5.41, 5.74) is 3.19. The number of hydrogen-bond donors (Lipinski definition) is 1. The van der Waals surface area contributed by atoms with Gasteiger partial charge in [0.25, 0.3) is 0 Å². The van der Waals surface area contributed by atoms with Crippen molar-refractivity contribution in [3.05, 3.63) is 59.2 Å². The average Bonchev–Trinajstić information content (AvgIpc) is 2.65. The number of methoxy groups -OCH3 is 2. The van der Waals surface area contributed by atoms with Gasteiger partial charge in [0.15, 0.2) is 11.5 Å². The summed E-state index contributed by atoms with van der Waals surface area (Å²) in [5.74, 6) is 1.11. The highest BCUT2D eigenvalue weighted by molar-refractivity contribution is 5.85. The number of carbonyl (C=O) groups excluding carboxylic acids is 1. The smallest absolute Gasteiger partial charge is 0.323 e. The monoisotopic (exact) mass is 363 g/mol. The van der Waals surface area contributed by atoms with Crippen LogP contribution in [0.15, 0.2) is 42.5 Å². The molecule has 1 aliphatic heterocycles. The predicted octanol–water partition coefficient (Wildman–Crippen LogP) is 2.88. The molecule has 0 saturated heterocycles. The van der Waals surface area contributed by atoms with Crippen molar-refractivity contribution in [3.8, 4) is 11.5 Å². The Kier molecular flexibility index (Phi) is 6.67. The van der Waals surface area contributed by atoms with E-state index >= 15 is 0 Å². The number of rotatable bonds is 5. The minimum Gasteiger partial charge on any atom is -0.493 e. The largest absolute Gasteiger partial charge is 0.493 e. The van der Waals surface area contributed by atoms with Crippen LogP contribution < -0.4 is 14.8 Å². The van der Waals surface area contributed by atoms with Gasteiger partial charge < -0.3 is 19.5 Å². The Morgan fingerprint density at radius 3 is 2.60 bits per heavy atom. The molecule has 0 bridgehead atoms. The van der Waals surface area contributed by atoms with Crippen molar-refractivity contribution in [2.45, 2.75) is 25.6 Å². The normalized spacial score (nSPS) is 15.5. The van der Waals surface area contributed by atoms with Gasteiger partial charge >= 0.3 is 5.97 Å². The van der Waals surface area contributed by atoms with Crippen LogP contribution in [-0.4, -0.2) is 26.2 Å². The summed E-state index contributed by atoms with van der Waals surface area (Å²) in [6, 6.07) is 13.5. The summed E-state index contributed by atoms with van der Waals surface area (Å²) < 4.78 is 16.4. The van der Waals surface area contributed by atoms with Crippen molar-refractivity contribution in [1.29, 1.82) is 0 Å². The van der Waals surface area contributed by atoms with E-state index in [2.05, 4.69) is 5.32 Å². The van der Waals surface area contributed by atoms with Crippen LogP contribution in [0.25, 0.3) is 0 Å². The molecule has 1 unspecified atom stereocenters. The topological polar surface area (TPSA) is 56.8 Å². The predicted molar refractivity (Wildman–Crippen MR) is 97.4 cm³/mol. The molecular weight excluding hydrogens is 342 g/mol. The quantitative estimate of drug-likeness (QED) is 0.828. The van der Waals surface area contributed by atoms with Gasteiger partial charge in [-0.25, -0.2) is 0 Å². The maximum absolute atomic E-state index is 11.9. The zero-order chi connectivity index (χ0) is 16.9. The van der Waals surface area contributed by atoms with E-state index in [0.29, 0.717) is 31.1 Å². The molecule has 1 N–H and O–H groups in total. The zero-order valence-electron chi connectivity index (χ0n) is 14.3. The van der Waals surface area contributed by atoms with Gasteiger partial charge in [0.05, 0.1) is 14.2 Å². The highest BCUT2D eigenvalue weighted by Gasteiger charge is 2.28. The number of carbonyl (C=O) groups is 1. The molecule has 6 heteroatoms. The number of nitrogens with one attached hydrogen (secondary N) is 1. The van der Waals surface area contributed by atoms with Gasteiger partial charge in [0.1, 0.15) is 12.6 Å². The van der Waals surface area contributed by atoms with E-state index in [0.717, 1.165) is 16.7 Å². The molecular formula is C19H22ClNO4. The minimum atomic E-state index is -0.367. The first-order valence-electron chi connectivity index (χ1n) is 7.89. The van der Waals surface area contributed by atoms with E-state index in [1.165, 1.54) is 7.11 Å². The molecule has 3 rings (SSSR count). The number of fused-ring (bicyclic) bond motifs is 1. The molecule has 0 aromatic heterocycles. The third-order valence-electron chi connectivity index (χ3n) is 4.20. The Morgan fingerprint density at radius 1 is 1.16 bits per heavy atom. The molecule has 0 fully saturated rings. The highest BCUT2D eigenvalue weighted by Crippen LogP contribution is 2.36. The molecule has 2 aromatic carbocycles. The summed E-state index contributed by atoms with van der Waals surface area (Å²) in [4.78, 5) is 11.9. The maximum Gasteiger partial charge on any atom is 0.323 e. The van der Waals surface area contributed by atoms with Crippen molar-refractivity contribution in [1.82, 2.24) is 5.32 Å². The van der Waals surface area contributed by atoms with E-state index in [9.17, 15) is 4.79 Å². The number of hydrogen-bond acceptors (Lipinski definition) is 5. The molecule has 2 aromatic rings. The van der Waals surface area contributed by atoms with Gasteiger partial charge in [-0.3, -0.25) is 4.79 Å². The Morgan fingerprint density at radius 2 is 1.92 bits per heavy atom. The van der Waals surface area contributed by atoms with Crippen LogP contribution in [0, 0.1) is 0 Å². The molecule has 0 radical (unpaired) electrons. The first-order chi connectivity index (χ1) is 11.7. The van der Waals surface area contributed by atoms with E-state index in [-0.39, 0.29) is 24.4 Å². The molecule has 0 saturated carbocycles. The van der Waals surface area contributed by atoms with Crippen LogP contribution >= 0.6 is 12.4 Å². The molecule has 5 nitrogen and oxygen atoms in total. The fraction of sp³-hybridized carbons (Fsp3) is 0.316. The lowest BCUT2D eigenvalue weighted by atomic mass is 9.94. The lowest BCUT2D eigenvalue weighted by Gasteiger charge is -2.27. The number of halogens is 1. The average molecular weight is 364 g/mol. The number of benzene rings is 2. The van der Waals surface area contributed by atoms with Crippen LogP contribution in [-0.2, 0) is 29.1 Å². The van der Waals surface area contributed by atoms with Crippen LogP contribution in [0.3, 0.4) is 0 Å². The van der Waals surface area contributed by atoms with Crippen molar-refractivity contribution in [2.24, 2.45) is 0 Å². The Labute approximate surface area is 153 Å².